The van der Waals surface area contributed by atoms with Crippen molar-refractivity contribution < 1.29 is 13.5 Å². The number of aromatic nitrogens is 1. The molecule has 2 rings (SSSR count). The lowest BCUT2D eigenvalue weighted by Gasteiger charge is -2.00. The van der Waals surface area contributed by atoms with Crippen molar-refractivity contribution in [3.05, 3.63) is 15.6 Å². The molecule has 1 aromatic rings. The summed E-state index contributed by atoms with van der Waals surface area (Å²) in [6.45, 7) is 0.673. The van der Waals surface area contributed by atoms with Crippen molar-refractivity contribution in [2.24, 2.45) is 0 Å². The number of nitrogens with one attached hydrogen (secondary N) is 1. The molecule has 0 unspecified atom stereocenters. The number of rotatable bonds is 8. The van der Waals surface area contributed by atoms with Gasteiger partial charge in [-0.15, -0.1) is 11.3 Å². The molecule has 0 aliphatic heterocycles. The molecule has 1 heterocycles. The van der Waals surface area contributed by atoms with Gasteiger partial charge in [-0.2, -0.15) is 0 Å². The first-order valence-electron chi connectivity index (χ1n) is 6.19. The highest BCUT2D eigenvalue weighted by molar-refractivity contribution is 7.11. The lowest BCUT2D eigenvalue weighted by molar-refractivity contribution is 0.0187. The molecule has 0 bridgehead atoms. The molecular formula is C12H18F2N2OS. The summed E-state index contributed by atoms with van der Waals surface area (Å²) in [5.74, 6) is 0.625. The summed E-state index contributed by atoms with van der Waals surface area (Å²) in [5, 5.41) is 4.14. The summed E-state index contributed by atoms with van der Waals surface area (Å²) in [7, 11) is 1.92. The normalized spacial score (nSPS) is 15.6. The Hall–Kier alpha value is -0.590. The van der Waals surface area contributed by atoms with Crippen molar-refractivity contribution in [1.29, 1.82) is 0 Å². The van der Waals surface area contributed by atoms with E-state index >= 15 is 0 Å². The number of alkyl halides is 2. The van der Waals surface area contributed by atoms with E-state index in [-0.39, 0.29) is 0 Å². The van der Waals surface area contributed by atoms with Gasteiger partial charge in [0.1, 0.15) is 6.61 Å². The summed E-state index contributed by atoms with van der Waals surface area (Å²) in [6.07, 6.45) is 0.688. The number of hydrogen-bond donors (Lipinski definition) is 1. The van der Waals surface area contributed by atoms with Crippen LogP contribution in [0.1, 0.15) is 34.3 Å². The molecule has 0 spiro atoms. The fourth-order valence-electron chi connectivity index (χ4n) is 1.82. The average molecular weight is 276 g/mol. The van der Waals surface area contributed by atoms with Crippen molar-refractivity contribution in [2.45, 2.75) is 38.2 Å². The van der Waals surface area contributed by atoms with E-state index in [1.165, 1.54) is 23.4 Å². The van der Waals surface area contributed by atoms with Crippen LogP contribution in [0.3, 0.4) is 0 Å². The molecule has 6 heteroatoms. The Morgan fingerprint density at radius 1 is 1.50 bits per heavy atom. The number of halogens is 2. The molecule has 0 radical (unpaired) electrons. The summed E-state index contributed by atoms with van der Waals surface area (Å²) in [5.41, 5.74) is 1.21. The first-order valence-corrected chi connectivity index (χ1v) is 7.01. The van der Waals surface area contributed by atoms with Crippen LogP contribution < -0.4 is 5.32 Å². The van der Waals surface area contributed by atoms with Crippen molar-refractivity contribution in [3.63, 3.8) is 0 Å². The van der Waals surface area contributed by atoms with Crippen LogP contribution >= 0.6 is 11.3 Å². The molecule has 0 saturated heterocycles. The largest absolute Gasteiger partial charge is 0.375 e. The highest BCUT2D eigenvalue weighted by Gasteiger charge is 2.29. The second-order valence-electron chi connectivity index (χ2n) is 4.44. The van der Waals surface area contributed by atoms with Crippen LogP contribution in [0.4, 0.5) is 8.78 Å². The Morgan fingerprint density at radius 2 is 2.28 bits per heavy atom. The van der Waals surface area contributed by atoms with Gasteiger partial charge < -0.3 is 10.1 Å². The molecule has 18 heavy (non-hydrogen) atoms. The van der Waals surface area contributed by atoms with Crippen molar-refractivity contribution in [1.82, 2.24) is 10.3 Å². The van der Waals surface area contributed by atoms with Gasteiger partial charge in [0.05, 0.1) is 17.3 Å². The maximum atomic E-state index is 11.9. The van der Waals surface area contributed by atoms with E-state index in [0.29, 0.717) is 18.9 Å². The molecule has 0 atom stereocenters. The summed E-state index contributed by atoms with van der Waals surface area (Å²) in [4.78, 5) is 5.90. The molecule has 1 fully saturated rings. The summed E-state index contributed by atoms with van der Waals surface area (Å²) in [6, 6.07) is 0. The maximum absolute atomic E-state index is 11.9. The van der Waals surface area contributed by atoms with E-state index < -0.39 is 13.0 Å². The zero-order valence-electron chi connectivity index (χ0n) is 10.4. The Balaban J connectivity index is 1.86. The molecule has 1 aliphatic carbocycles. The van der Waals surface area contributed by atoms with Gasteiger partial charge in [-0.3, -0.25) is 0 Å². The summed E-state index contributed by atoms with van der Waals surface area (Å²) < 4.78 is 28.7. The minimum atomic E-state index is -2.39. The SMILES string of the molecule is CNCc1sc(CCOCC(F)F)nc1C1CC1. The topological polar surface area (TPSA) is 34.1 Å². The van der Waals surface area contributed by atoms with E-state index in [0.717, 1.165) is 11.6 Å². The molecule has 1 aliphatic rings. The Morgan fingerprint density at radius 3 is 2.89 bits per heavy atom. The molecular weight excluding hydrogens is 258 g/mol. The third-order valence-corrected chi connectivity index (χ3v) is 3.91. The number of nitrogens with zero attached hydrogens (tertiary/aromatic N) is 1. The molecule has 0 aromatic carbocycles. The van der Waals surface area contributed by atoms with Crippen molar-refractivity contribution in [2.75, 3.05) is 20.3 Å². The first kappa shape index (κ1) is 13.8. The highest BCUT2D eigenvalue weighted by atomic mass is 32.1. The quantitative estimate of drug-likeness (QED) is 0.741. The average Bonchev–Trinajstić information content (AvgIpc) is 3.09. The Bertz CT molecular complexity index is 380. The fourth-order valence-corrected chi connectivity index (χ4v) is 2.96. The number of hydrogen-bond acceptors (Lipinski definition) is 4. The zero-order chi connectivity index (χ0) is 13.0. The van der Waals surface area contributed by atoms with Gasteiger partial charge in [0, 0.05) is 23.8 Å². The van der Waals surface area contributed by atoms with Crippen LogP contribution in [0.2, 0.25) is 0 Å². The van der Waals surface area contributed by atoms with Gasteiger partial charge in [0.2, 0.25) is 0 Å². The lowest BCUT2D eigenvalue weighted by Crippen LogP contribution is -2.06. The Labute approximate surface area is 110 Å². The lowest BCUT2D eigenvalue weighted by atomic mass is 10.2. The predicted molar refractivity (Wildman–Crippen MR) is 67.4 cm³/mol. The van der Waals surface area contributed by atoms with Crippen LogP contribution in [0.25, 0.3) is 0 Å². The van der Waals surface area contributed by atoms with Crippen LogP contribution in [-0.4, -0.2) is 31.7 Å². The molecule has 102 valence electrons. The Kier molecular flexibility index (Phi) is 5.03. The molecule has 1 saturated carbocycles. The maximum Gasteiger partial charge on any atom is 0.261 e. The third-order valence-electron chi connectivity index (χ3n) is 2.78. The van der Waals surface area contributed by atoms with Crippen LogP contribution in [-0.2, 0) is 17.7 Å². The van der Waals surface area contributed by atoms with Gasteiger partial charge >= 0.3 is 0 Å². The monoisotopic (exact) mass is 276 g/mol. The van der Waals surface area contributed by atoms with Crippen LogP contribution in [0, 0.1) is 0 Å². The smallest absolute Gasteiger partial charge is 0.261 e. The van der Waals surface area contributed by atoms with Gasteiger partial charge in [-0.1, -0.05) is 0 Å². The number of thiazole rings is 1. The van der Waals surface area contributed by atoms with E-state index in [9.17, 15) is 8.78 Å². The van der Waals surface area contributed by atoms with Crippen molar-refractivity contribution in [3.8, 4) is 0 Å². The van der Waals surface area contributed by atoms with Crippen LogP contribution in [0.15, 0.2) is 0 Å². The highest BCUT2D eigenvalue weighted by Crippen LogP contribution is 2.42. The predicted octanol–water partition coefficient (Wildman–Crippen LogP) is 2.56. The minimum Gasteiger partial charge on any atom is -0.375 e. The van der Waals surface area contributed by atoms with Crippen molar-refractivity contribution >= 4 is 11.3 Å². The summed E-state index contributed by atoms with van der Waals surface area (Å²) >= 11 is 1.67. The molecule has 3 nitrogen and oxygen atoms in total. The van der Waals surface area contributed by atoms with Gasteiger partial charge in [-0.25, -0.2) is 13.8 Å². The molecule has 1 N–H and O–H groups in total. The van der Waals surface area contributed by atoms with E-state index in [1.807, 2.05) is 7.05 Å². The molecule has 0 amide bonds. The van der Waals surface area contributed by atoms with Gasteiger partial charge in [0.15, 0.2) is 0 Å². The van der Waals surface area contributed by atoms with E-state index in [1.54, 1.807) is 11.3 Å². The van der Waals surface area contributed by atoms with Gasteiger partial charge in [-0.05, 0) is 19.9 Å². The second kappa shape index (κ2) is 6.54. The first-order chi connectivity index (χ1) is 8.70. The van der Waals surface area contributed by atoms with Gasteiger partial charge in [0.25, 0.3) is 6.43 Å². The number of ether oxygens (including phenoxy) is 1. The second-order valence-corrected chi connectivity index (χ2v) is 5.60. The van der Waals surface area contributed by atoms with E-state index in [4.69, 9.17) is 4.74 Å². The molecule has 1 aromatic heterocycles. The zero-order valence-corrected chi connectivity index (χ0v) is 11.2. The minimum absolute atomic E-state index is 0.320. The standard InChI is InChI=1S/C12H18F2N2OS/c1-15-6-9-12(8-2-3-8)16-11(18-9)4-5-17-7-10(13)14/h8,10,15H,2-7H2,1H3. The third kappa shape index (κ3) is 3.96. The van der Waals surface area contributed by atoms with E-state index in [2.05, 4.69) is 10.3 Å². The fraction of sp³-hybridized carbons (Fsp3) is 0.750. The van der Waals surface area contributed by atoms with Crippen LogP contribution in [0.5, 0.6) is 0 Å².